The minimum atomic E-state index is -0.210. The molecule has 9 nitrogen and oxygen atoms in total. The zero-order valence-electron chi connectivity index (χ0n) is 24.5. The monoisotopic (exact) mass is 585 g/mol. The molecule has 10 heteroatoms. The summed E-state index contributed by atoms with van der Waals surface area (Å²) in [6.45, 7) is 10.8. The lowest BCUT2D eigenvalue weighted by atomic mass is 9.99. The zero-order valence-corrected chi connectivity index (χ0v) is 25.3. The van der Waals surface area contributed by atoms with E-state index in [0.29, 0.717) is 47.3 Å². The minimum absolute atomic E-state index is 0.000616. The van der Waals surface area contributed by atoms with Crippen molar-refractivity contribution in [1.29, 1.82) is 0 Å². The molecule has 4 heterocycles. The highest BCUT2D eigenvalue weighted by atomic mass is 35.5. The number of hydrogen-bond donors (Lipinski definition) is 1. The van der Waals surface area contributed by atoms with Crippen LogP contribution in [0.5, 0.6) is 0 Å². The van der Waals surface area contributed by atoms with Gasteiger partial charge in [0, 0.05) is 79.7 Å². The van der Waals surface area contributed by atoms with Crippen LogP contribution in [0.3, 0.4) is 0 Å². The predicted molar refractivity (Wildman–Crippen MR) is 169 cm³/mol. The molecule has 2 fully saturated rings. The third-order valence-electron chi connectivity index (χ3n) is 8.62. The number of fused-ring (bicyclic) bond motifs is 1. The first-order chi connectivity index (χ1) is 20.2. The summed E-state index contributed by atoms with van der Waals surface area (Å²) in [5, 5.41) is 4.65. The third-order valence-corrected chi connectivity index (χ3v) is 8.95. The van der Waals surface area contributed by atoms with E-state index >= 15 is 0 Å². The standard InChI is InChI=1S/C32H36ClN7O2/c1-20-17-23(9-10-28(20)38-15-13-37(4)14-16-38)35-32-34-18-26-21(2)29(25-7-5-6-8-27(25)33)31(42)40(30(26)36-32)24-11-12-39(19-24)22(3)41/h5-10,17-18,24H,11-16,19H2,1-4H3,(H,34,35,36)/t24-/m0/s1. The van der Waals surface area contributed by atoms with Crippen LogP contribution in [-0.4, -0.2) is 76.6 Å². The summed E-state index contributed by atoms with van der Waals surface area (Å²) >= 11 is 6.58. The topological polar surface area (TPSA) is 86.6 Å². The van der Waals surface area contributed by atoms with Gasteiger partial charge >= 0.3 is 0 Å². The lowest BCUT2D eigenvalue weighted by Crippen LogP contribution is -2.44. The molecule has 42 heavy (non-hydrogen) atoms. The van der Waals surface area contributed by atoms with E-state index in [0.717, 1.165) is 42.8 Å². The molecular weight excluding hydrogens is 550 g/mol. The van der Waals surface area contributed by atoms with E-state index in [2.05, 4.69) is 52.3 Å². The van der Waals surface area contributed by atoms with Crippen LogP contribution in [0.15, 0.2) is 53.5 Å². The average molecular weight is 586 g/mol. The van der Waals surface area contributed by atoms with Crippen molar-refractivity contribution in [2.45, 2.75) is 33.2 Å². The van der Waals surface area contributed by atoms with Crippen molar-refractivity contribution in [3.8, 4) is 11.1 Å². The Labute approximate surface area is 250 Å². The van der Waals surface area contributed by atoms with Crippen molar-refractivity contribution in [1.82, 2.24) is 24.3 Å². The van der Waals surface area contributed by atoms with E-state index < -0.39 is 0 Å². The normalized spacial score (nSPS) is 17.7. The number of carbonyl (C=O) groups is 1. The summed E-state index contributed by atoms with van der Waals surface area (Å²) in [7, 11) is 2.16. The summed E-state index contributed by atoms with van der Waals surface area (Å²) in [4.78, 5) is 42.5. The SMILES string of the molecule is CC(=O)N1CC[C@H](n2c(=O)c(-c3ccccc3Cl)c(C)c3cnc(Nc4ccc(N5CCN(C)CC5)c(C)c4)nc32)C1. The van der Waals surface area contributed by atoms with Crippen LogP contribution in [0, 0.1) is 13.8 Å². The second-order valence-corrected chi connectivity index (χ2v) is 11.8. The number of piperazine rings is 1. The Morgan fingerprint density at radius 2 is 1.81 bits per heavy atom. The summed E-state index contributed by atoms with van der Waals surface area (Å²) in [6, 6.07) is 13.5. The first-order valence-electron chi connectivity index (χ1n) is 14.4. The van der Waals surface area contributed by atoms with Crippen LogP contribution in [-0.2, 0) is 4.79 Å². The van der Waals surface area contributed by atoms with Crippen LogP contribution in [0.1, 0.15) is 30.5 Å². The first kappa shape index (κ1) is 28.2. The van der Waals surface area contributed by atoms with Gasteiger partial charge in [0.1, 0.15) is 5.65 Å². The number of rotatable bonds is 5. The van der Waals surface area contributed by atoms with E-state index in [-0.39, 0.29) is 17.5 Å². The number of nitrogens with zero attached hydrogens (tertiary/aromatic N) is 6. The van der Waals surface area contributed by atoms with Gasteiger partial charge < -0.3 is 20.0 Å². The lowest BCUT2D eigenvalue weighted by molar-refractivity contribution is -0.127. The molecule has 218 valence electrons. The number of anilines is 3. The molecule has 0 saturated carbocycles. The van der Waals surface area contributed by atoms with Crippen molar-refractivity contribution in [2.75, 3.05) is 56.5 Å². The van der Waals surface area contributed by atoms with E-state index in [1.54, 1.807) is 28.7 Å². The maximum atomic E-state index is 14.3. The highest BCUT2D eigenvalue weighted by molar-refractivity contribution is 6.33. The number of aryl methyl sites for hydroxylation is 2. The largest absolute Gasteiger partial charge is 0.369 e. The number of pyridine rings is 1. The maximum Gasteiger partial charge on any atom is 0.260 e. The Kier molecular flexibility index (Phi) is 7.64. The van der Waals surface area contributed by atoms with E-state index in [4.69, 9.17) is 16.6 Å². The van der Waals surface area contributed by atoms with Crippen molar-refractivity contribution in [2.24, 2.45) is 0 Å². The number of carbonyl (C=O) groups excluding carboxylic acids is 1. The summed E-state index contributed by atoms with van der Waals surface area (Å²) in [6.07, 6.45) is 2.44. The number of halogens is 1. The fourth-order valence-corrected chi connectivity index (χ4v) is 6.45. The van der Waals surface area contributed by atoms with Gasteiger partial charge in [0.25, 0.3) is 5.56 Å². The van der Waals surface area contributed by atoms with Crippen LogP contribution < -0.4 is 15.8 Å². The Morgan fingerprint density at radius 1 is 1.05 bits per heavy atom. The lowest BCUT2D eigenvalue weighted by Gasteiger charge is -2.35. The van der Waals surface area contributed by atoms with E-state index in [9.17, 15) is 9.59 Å². The van der Waals surface area contributed by atoms with Gasteiger partial charge in [-0.1, -0.05) is 29.8 Å². The molecule has 1 N–H and O–H groups in total. The Hall–Kier alpha value is -3.95. The zero-order chi connectivity index (χ0) is 29.5. The number of hydrogen-bond acceptors (Lipinski definition) is 7. The van der Waals surface area contributed by atoms with Gasteiger partial charge in [0.05, 0.1) is 11.6 Å². The predicted octanol–water partition coefficient (Wildman–Crippen LogP) is 5.02. The first-order valence-corrected chi connectivity index (χ1v) is 14.8. The van der Waals surface area contributed by atoms with Gasteiger partial charge in [-0.05, 0) is 62.7 Å². The Morgan fingerprint density at radius 3 is 2.50 bits per heavy atom. The van der Waals surface area contributed by atoms with Gasteiger partial charge in [-0.25, -0.2) is 4.98 Å². The number of likely N-dealkylation sites (tertiary alicyclic amines) is 1. The van der Waals surface area contributed by atoms with E-state index in [1.807, 2.05) is 25.1 Å². The van der Waals surface area contributed by atoms with Gasteiger partial charge in [-0.2, -0.15) is 4.98 Å². The fourth-order valence-electron chi connectivity index (χ4n) is 6.22. The molecule has 0 unspecified atom stereocenters. The highest BCUT2D eigenvalue weighted by Gasteiger charge is 2.30. The van der Waals surface area contributed by atoms with E-state index in [1.165, 1.54) is 11.3 Å². The minimum Gasteiger partial charge on any atom is -0.369 e. The quantitative estimate of drug-likeness (QED) is 0.352. The molecule has 0 spiro atoms. The van der Waals surface area contributed by atoms with Crippen LogP contribution in [0.2, 0.25) is 5.02 Å². The van der Waals surface area contributed by atoms with Crippen molar-refractivity contribution in [3.05, 3.63) is 75.2 Å². The van der Waals surface area contributed by atoms with Crippen molar-refractivity contribution < 1.29 is 4.79 Å². The number of amides is 1. The van der Waals surface area contributed by atoms with Crippen molar-refractivity contribution in [3.63, 3.8) is 0 Å². The smallest absolute Gasteiger partial charge is 0.260 e. The molecule has 0 aliphatic carbocycles. The molecule has 2 aromatic carbocycles. The molecule has 1 atom stereocenters. The van der Waals surface area contributed by atoms with Crippen molar-refractivity contribution >= 4 is 45.9 Å². The molecule has 2 aromatic heterocycles. The molecule has 2 aliphatic rings. The average Bonchev–Trinajstić information content (AvgIpc) is 3.45. The molecule has 6 rings (SSSR count). The van der Waals surface area contributed by atoms with Gasteiger partial charge in [-0.15, -0.1) is 0 Å². The van der Waals surface area contributed by atoms with Gasteiger partial charge in [0.2, 0.25) is 11.9 Å². The molecule has 2 aliphatic heterocycles. The second kappa shape index (κ2) is 11.4. The number of likely N-dealkylation sites (N-methyl/N-ethyl adjacent to an activating group) is 1. The molecule has 2 saturated heterocycles. The second-order valence-electron chi connectivity index (χ2n) is 11.4. The number of aromatic nitrogens is 3. The fraction of sp³-hybridized carbons (Fsp3) is 0.375. The van der Waals surface area contributed by atoms with Gasteiger partial charge in [-0.3, -0.25) is 14.2 Å². The van der Waals surface area contributed by atoms with Crippen LogP contribution in [0.4, 0.5) is 17.3 Å². The molecular formula is C32H36ClN7O2. The summed E-state index contributed by atoms with van der Waals surface area (Å²) < 4.78 is 1.75. The number of nitrogens with one attached hydrogen (secondary N) is 1. The molecule has 1 amide bonds. The highest BCUT2D eigenvalue weighted by Crippen LogP contribution is 2.34. The summed E-state index contributed by atoms with van der Waals surface area (Å²) in [5.74, 6) is 0.411. The van der Waals surface area contributed by atoms with Crippen LogP contribution in [0.25, 0.3) is 22.2 Å². The third kappa shape index (κ3) is 5.23. The Balaban J connectivity index is 1.41. The number of benzene rings is 2. The molecule has 4 aromatic rings. The van der Waals surface area contributed by atoms with Crippen LogP contribution >= 0.6 is 11.6 Å². The van der Waals surface area contributed by atoms with Gasteiger partial charge in [0.15, 0.2) is 0 Å². The summed E-state index contributed by atoms with van der Waals surface area (Å²) in [5.41, 5.74) is 5.67. The molecule has 0 radical (unpaired) electrons. The Bertz CT molecular complexity index is 1730. The maximum absolute atomic E-state index is 14.3. The molecule has 0 bridgehead atoms.